The number of unbranched alkanes of at least 4 members (excludes halogenated alkanes) is 2. The third-order valence-corrected chi connectivity index (χ3v) is 0.908. The molecule has 0 heterocycles. The summed E-state index contributed by atoms with van der Waals surface area (Å²) in [7, 11) is 0. The van der Waals surface area contributed by atoms with Crippen LogP contribution in [0, 0.1) is 0 Å². The van der Waals surface area contributed by atoms with Crippen LogP contribution < -0.4 is 11.5 Å². The molecule has 0 spiro atoms. The molecule has 0 aliphatic heterocycles. The van der Waals surface area contributed by atoms with E-state index in [9.17, 15) is 0 Å². The Morgan fingerprint density at radius 1 is 0.778 bits per heavy atom. The molecule has 0 atom stereocenters. The summed E-state index contributed by atoms with van der Waals surface area (Å²) in [6, 6.07) is 0. The summed E-state index contributed by atoms with van der Waals surface area (Å²) in [5.74, 6) is 0. The van der Waals surface area contributed by atoms with Crippen LogP contribution in [0.1, 0.15) is 33.1 Å². The van der Waals surface area contributed by atoms with Gasteiger partial charge in [0.2, 0.25) is 0 Å². The highest BCUT2D eigenvalue weighted by atomic mass is 14.5. The van der Waals surface area contributed by atoms with E-state index in [-0.39, 0.29) is 0 Å². The smallest absolute Gasteiger partial charge is 0.00773 e. The molecule has 0 aliphatic carbocycles. The van der Waals surface area contributed by atoms with E-state index in [2.05, 4.69) is 0 Å². The van der Waals surface area contributed by atoms with E-state index in [1.165, 1.54) is 6.42 Å². The van der Waals surface area contributed by atoms with Crippen LogP contribution in [-0.2, 0) is 0 Å². The van der Waals surface area contributed by atoms with Crippen LogP contribution in [0.3, 0.4) is 0 Å². The van der Waals surface area contributed by atoms with Crippen molar-refractivity contribution < 1.29 is 0 Å². The van der Waals surface area contributed by atoms with Gasteiger partial charge in [-0.3, -0.25) is 0 Å². The summed E-state index contributed by atoms with van der Waals surface area (Å²) >= 11 is 0. The van der Waals surface area contributed by atoms with Gasteiger partial charge in [0.15, 0.2) is 0 Å². The van der Waals surface area contributed by atoms with E-state index in [0.717, 1.165) is 25.9 Å². The summed E-state index contributed by atoms with van der Waals surface area (Å²) in [6.45, 7) is 5.61. The second-order valence-corrected chi connectivity index (χ2v) is 1.64. The number of rotatable bonds is 4. The molecule has 0 aliphatic rings. The minimum Gasteiger partial charge on any atom is -0.330 e. The topological polar surface area (TPSA) is 52.0 Å². The van der Waals surface area contributed by atoms with Gasteiger partial charge in [0.1, 0.15) is 0 Å². The van der Waals surface area contributed by atoms with Crippen molar-refractivity contribution in [2.45, 2.75) is 33.1 Å². The van der Waals surface area contributed by atoms with Crippen molar-refractivity contribution >= 4 is 0 Å². The monoisotopic (exact) mass is 132 g/mol. The van der Waals surface area contributed by atoms with Gasteiger partial charge in [0.05, 0.1) is 0 Å². The Hall–Kier alpha value is -0.0800. The molecule has 9 heavy (non-hydrogen) atoms. The molecule has 0 rings (SSSR count). The Morgan fingerprint density at radius 2 is 1.11 bits per heavy atom. The standard InChI is InChI=1S/C5H14N2.C2H6/c6-4-2-1-3-5-7;1-2/h1-7H2;1-2H3. The molecule has 0 aromatic heterocycles. The molecule has 58 valence electrons. The summed E-state index contributed by atoms with van der Waals surface area (Å²) in [5, 5.41) is 0. The Morgan fingerprint density at radius 3 is 1.33 bits per heavy atom. The minimum atomic E-state index is 0.806. The molecular weight excluding hydrogens is 112 g/mol. The lowest BCUT2D eigenvalue weighted by Gasteiger charge is -1.91. The van der Waals surface area contributed by atoms with E-state index < -0.39 is 0 Å². The van der Waals surface area contributed by atoms with Gasteiger partial charge in [0, 0.05) is 0 Å². The zero-order valence-electron chi connectivity index (χ0n) is 6.69. The van der Waals surface area contributed by atoms with Crippen molar-refractivity contribution in [1.29, 1.82) is 0 Å². The summed E-state index contributed by atoms with van der Waals surface area (Å²) in [5.41, 5.74) is 10.5. The average Bonchev–Trinajstić information content (AvgIpc) is 1.94. The van der Waals surface area contributed by atoms with Crippen LogP contribution in [0.25, 0.3) is 0 Å². The quantitative estimate of drug-likeness (QED) is 0.563. The third-order valence-electron chi connectivity index (χ3n) is 0.908. The fraction of sp³-hybridized carbons (Fsp3) is 1.00. The van der Waals surface area contributed by atoms with Crippen molar-refractivity contribution in [3.05, 3.63) is 0 Å². The predicted molar refractivity (Wildman–Crippen MR) is 43.3 cm³/mol. The maximum Gasteiger partial charge on any atom is -0.00773 e. The summed E-state index contributed by atoms with van der Waals surface area (Å²) in [4.78, 5) is 0. The first-order chi connectivity index (χ1) is 4.41. The molecule has 2 nitrogen and oxygen atoms in total. The van der Waals surface area contributed by atoms with Crippen LogP contribution in [-0.4, -0.2) is 13.1 Å². The minimum absolute atomic E-state index is 0.806. The van der Waals surface area contributed by atoms with Gasteiger partial charge in [-0.05, 0) is 25.9 Å². The fourth-order valence-electron chi connectivity index (χ4n) is 0.465. The molecule has 0 aromatic carbocycles. The van der Waals surface area contributed by atoms with Crippen molar-refractivity contribution in [1.82, 2.24) is 0 Å². The maximum atomic E-state index is 5.23. The molecule has 0 radical (unpaired) electrons. The Bertz CT molecular complexity index is 26.1. The van der Waals surface area contributed by atoms with Crippen molar-refractivity contribution in [3.63, 3.8) is 0 Å². The van der Waals surface area contributed by atoms with E-state index in [4.69, 9.17) is 11.5 Å². The van der Waals surface area contributed by atoms with Gasteiger partial charge in [-0.15, -0.1) is 0 Å². The van der Waals surface area contributed by atoms with Crippen LogP contribution >= 0.6 is 0 Å². The number of hydrogen-bond acceptors (Lipinski definition) is 2. The lowest BCUT2D eigenvalue weighted by atomic mass is 10.2. The zero-order valence-corrected chi connectivity index (χ0v) is 6.69. The van der Waals surface area contributed by atoms with Gasteiger partial charge in [-0.25, -0.2) is 0 Å². The van der Waals surface area contributed by atoms with Gasteiger partial charge in [0.25, 0.3) is 0 Å². The molecule has 0 bridgehead atoms. The average molecular weight is 132 g/mol. The second-order valence-electron chi connectivity index (χ2n) is 1.64. The van der Waals surface area contributed by atoms with Crippen molar-refractivity contribution in [2.75, 3.05) is 13.1 Å². The number of hydrogen-bond donors (Lipinski definition) is 2. The van der Waals surface area contributed by atoms with Gasteiger partial charge in [-0.1, -0.05) is 20.3 Å². The van der Waals surface area contributed by atoms with Crippen LogP contribution in [0.5, 0.6) is 0 Å². The van der Waals surface area contributed by atoms with Gasteiger partial charge in [-0.2, -0.15) is 0 Å². The highest BCUT2D eigenvalue weighted by Crippen LogP contribution is 1.88. The molecule has 2 heteroatoms. The Labute approximate surface area is 58.6 Å². The Kier molecular flexibility index (Phi) is 20.3. The van der Waals surface area contributed by atoms with E-state index in [1.807, 2.05) is 13.8 Å². The highest BCUT2D eigenvalue weighted by Gasteiger charge is 1.80. The third kappa shape index (κ3) is 18.1. The lowest BCUT2D eigenvalue weighted by molar-refractivity contribution is 0.695. The molecule has 0 amide bonds. The normalized spacial score (nSPS) is 8.00. The second kappa shape index (κ2) is 15.7. The van der Waals surface area contributed by atoms with Gasteiger partial charge < -0.3 is 11.5 Å². The summed E-state index contributed by atoms with van der Waals surface area (Å²) in [6.07, 6.45) is 3.43. The highest BCUT2D eigenvalue weighted by molar-refractivity contribution is 4.41. The molecule has 0 saturated carbocycles. The van der Waals surface area contributed by atoms with E-state index >= 15 is 0 Å². The number of nitrogens with two attached hydrogens (primary N) is 2. The van der Waals surface area contributed by atoms with E-state index in [1.54, 1.807) is 0 Å². The lowest BCUT2D eigenvalue weighted by Crippen LogP contribution is -2.02. The SMILES string of the molecule is CC.NCCCCCN. The molecule has 4 N–H and O–H groups in total. The first-order valence-corrected chi connectivity index (χ1v) is 3.82. The molecule has 0 aromatic rings. The molecule has 0 unspecified atom stereocenters. The first kappa shape index (κ1) is 11.7. The van der Waals surface area contributed by atoms with Crippen LogP contribution in [0.15, 0.2) is 0 Å². The first-order valence-electron chi connectivity index (χ1n) is 3.82. The summed E-state index contributed by atoms with van der Waals surface area (Å²) < 4.78 is 0. The Balaban J connectivity index is 0. The van der Waals surface area contributed by atoms with Crippen LogP contribution in [0.4, 0.5) is 0 Å². The van der Waals surface area contributed by atoms with Crippen molar-refractivity contribution in [2.24, 2.45) is 11.5 Å². The van der Waals surface area contributed by atoms with Crippen LogP contribution in [0.2, 0.25) is 0 Å². The largest absolute Gasteiger partial charge is 0.330 e. The molecule has 0 saturated heterocycles. The van der Waals surface area contributed by atoms with Crippen molar-refractivity contribution in [3.8, 4) is 0 Å². The predicted octanol–water partition coefficient (Wildman–Crippen LogP) is 1.10. The van der Waals surface area contributed by atoms with Gasteiger partial charge >= 0.3 is 0 Å². The molecule has 0 fully saturated rings. The van der Waals surface area contributed by atoms with E-state index in [0.29, 0.717) is 0 Å². The fourth-order valence-corrected chi connectivity index (χ4v) is 0.465. The zero-order chi connectivity index (χ0) is 7.54. The maximum absolute atomic E-state index is 5.23. The molecular formula is C7H20N2.